The van der Waals surface area contributed by atoms with E-state index in [1.54, 1.807) is 0 Å². The predicted molar refractivity (Wildman–Crippen MR) is 109 cm³/mol. The van der Waals surface area contributed by atoms with Gasteiger partial charge in [0.2, 0.25) is 0 Å². The lowest BCUT2D eigenvalue weighted by Gasteiger charge is -2.44. The molecule has 1 aliphatic rings. The summed E-state index contributed by atoms with van der Waals surface area (Å²) in [6, 6.07) is 18.5. The Labute approximate surface area is 162 Å². The highest BCUT2D eigenvalue weighted by Crippen LogP contribution is 2.45. The molecule has 3 rings (SSSR count). The molecule has 0 spiro atoms. The Balaban J connectivity index is 1.71. The molecule has 26 heavy (non-hydrogen) atoms. The Kier molecular flexibility index (Phi) is 6.39. The molecule has 0 heterocycles. The van der Waals surface area contributed by atoms with E-state index >= 15 is 0 Å². The standard InChI is InChI=1S/C23H30ClNO/c1-25(2)17-21-16-19(9-8-18-6-4-3-5-7-18)14-15-23(21,26)20-10-12-22(24)13-11-20/h3-7,10-13,19,21,26H,8-9,14-17H2,1-2H3. The Morgan fingerprint density at radius 3 is 2.42 bits per heavy atom. The van der Waals surface area contributed by atoms with Gasteiger partial charge in [-0.1, -0.05) is 54.1 Å². The molecule has 3 unspecified atom stereocenters. The van der Waals surface area contributed by atoms with Gasteiger partial charge in [-0.2, -0.15) is 0 Å². The van der Waals surface area contributed by atoms with E-state index in [1.165, 1.54) is 12.0 Å². The topological polar surface area (TPSA) is 23.5 Å². The summed E-state index contributed by atoms with van der Waals surface area (Å²) < 4.78 is 0. The van der Waals surface area contributed by atoms with Gasteiger partial charge in [-0.15, -0.1) is 0 Å². The first kappa shape index (κ1) is 19.4. The molecule has 3 heteroatoms. The summed E-state index contributed by atoms with van der Waals surface area (Å²) in [5, 5.41) is 12.3. The second-order valence-electron chi connectivity index (χ2n) is 8.05. The minimum absolute atomic E-state index is 0.244. The molecular weight excluding hydrogens is 342 g/mol. The van der Waals surface area contributed by atoms with Crippen molar-refractivity contribution in [3.05, 3.63) is 70.7 Å². The van der Waals surface area contributed by atoms with E-state index in [0.29, 0.717) is 5.92 Å². The first-order valence-corrected chi connectivity index (χ1v) is 10.0. The molecule has 1 saturated carbocycles. The maximum Gasteiger partial charge on any atom is 0.0937 e. The predicted octanol–water partition coefficient (Wildman–Crippen LogP) is 5.14. The lowest BCUT2D eigenvalue weighted by atomic mass is 9.66. The molecule has 0 saturated heterocycles. The molecule has 2 nitrogen and oxygen atoms in total. The van der Waals surface area contributed by atoms with Crippen molar-refractivity contribution in [1.82, 2.24) is 4.90 Å². The number of nitrogens with zero attached hydrogens (tertiary/aromatic N) is 1. The van der Waals surface area contributed by atoms with Gasteiger partial charge in [-0.25, -0.2) is 0 Å². The van der Waals surface area contributed by atoms with Crippen LogP contribution in [0.1, 0.15) is 36.8 Å². The molecule has 0 bridgehead atoms. The van der Waals surface area contributed by atoms with E-state index in [2.05, 4.69) is 49.3 Å². The van der Waals surface area contributed by atoms with Crippen LogP contribution in [0.5, 0.6) is 0 Å². The van der Waals surface area contributed by atoms with Gasteiger partial charge in [0.15, 0.2) is 0 Å². The zero-order valence-corrected chi connectivity index (χ0v) is 16.6. The molecule has 2 aromatic rings. The highest BCUT2D eigenvalue weighted by Gasteiger charge is 2.43. The van der Waals surface area contributed by atoms with Crippen molar-refractivity contribution in [3.8, 4) is 0 Å². The molecule has 1 aliphatic carbocycles. The minimum Gasteiger partial charge on any atom is -0.385 e. The molecule has 140 valence electrons. The minimum atomic E-state index is -0.752. The first-order chi connectivity index (χ1) is 12.5. The van der Waals surface area contributed by atoms with Crippen LogP contribution in [0.3, 0.4) is 0 Å². The van der Waals surface area contributed by atoms with Gasteiger partial charge in [0.05, 0.1) is 5.60 Å². The average Bonchev–Trinajstić information content (AvgIpc) is 2.63. The van der Waals surface area contributed by atoms with Crippen LogP contribution in [-0.4, -0.2) is 30.6 Å². The van der Waals surface area contributed by atoms with E-state index in [0.717, 1.165) is 42.8 Å². The third-order valence-corrected chi connectivity index (χ3v) is 6.09. The number of rotatable bonds is 6. The maximum atomic E-state index is 11.6. The smallest absolute Gasteiger partial charge is 0.0937 e. The van der Waals surface area contributed by atoms with Gasteiger partial charge in [0, 0.05) is 17.5 Å². The van der Waals surface area contributed by atoms with Crippen LogP contribution in [0.25, 0.3) is 0 Å². The van der Waals surface area contributed by atoms with Gasteiger partial charge >= 0.3 is 0 Å². The van der Waals surface area contributed by atoms with Crippen molar-refractivity contribution < 1.29 is 5.11 Å². The van der Waals surface area contributed by atoms with Gasteiger partial charge in [0.1, 0.15) is 0 Å². The second-order valence-corrected chi connectivity index (χ2v) is 8.49. The number of hydrogen-bond acceptors (Lipinski definition) is 2. The monoisotopic (exact) mass is 371 g/mol. The lowest BCUT2D eigenvalue weighted by Crippen LogP contribution is -2.45. The summed E-state index contributed by atoms with van der Waals surface area (Å²) in [4.78, 5) is 2.20. The quantitative estimate of drug-likeness (QED) is 0.760. The molecule has 3 atom stereocenters. The zero-order valence-electron chi connectivity index (χ0n) is 15.9. The zero-order chi connectivity index (χ0) is 18.6. The first-order valence-electron chi connectivity index (χ1n) is 9.64. The highest BCUT2D eigenvalue weighted by atomic mass is 35.5. The third kappa shape index (κ3) is 4.68. The van der Waals surface area contributed by atoms with Crippen molar-refractivity contribution >= 4 is 11.6 Å². The number of hydrogen-bond donors (Lipinski definition) is 1. The molecule has 0 radical (unpaired) electrons. The van der Waals surface area contributed by atoms with Gasteiger partial charge in [0.25, 0.3) is 0 Å². The van der Waals surface area contributed by atoms with E-state index in [4.69, 9.17) is 11.6 Å². The van der Waals surface area contributed by atoms with Crippen molar-refractivity contribution in [3.63, 3.8) is 0 Å². The molecule has 1 fully saturated rings. The highest BCUT2D eigenvalue weighted by molar-refractivity contribution is 6.30. The molecule has 1 N–H and O–H groups in total. The summed E-state index contributed by atoms with van der Waals surface area (Å²) in [7, 11) is 4.19. The maximum absolute atomic E-state index is 11.6. The van der Waals surface area contributed by atoms with Crippen LogP contribution in [-0.2, 0) is 12.0 Å². The summed E-state index contributed by atoms with van der Waals surface area (Å²) >= 11 is 6.05. The number of halogens is 1. The van der Waals surface area contributed by atoms with Crippen molar-refractivity contribution in [2.75, 3.05) is 20.6 Å². The molecule has 0 aromatic heterocycles. The Bertz CT molecular complexity index is 685. The number of aliphatic hydroxyl groups is 1. The Morgan fingerprint density at radius 1 is 1.08 bits per heavy atom. The number of aryl methyl sites for hydroxylation is 1. The third-order valence-electron chi connectivity index (χ3n) is 5.84. The van der Waals surface area contributed by atoms with Gasteiger partial charge in [-0.05, 0) is 75.4 Å². The van der Waals surface area contributed by atoms with Crippen LogP contribution >= 0.6 is 11.6 Å². The average molecular weight is 372 g/mol. The second kappa shape index (κ2) is 8.56. The van der Waals surface area contributed by atoms with Crippen LogP contribution in [0.15, 0.2) is 54.6 Å². The largest absolute Gasteiger partial charge is 0.385 e. The van der Waals surface area contributed by atoms with Crippen molar-refractivity contribution in [2.45, 2.75) is 37.7 Å². The summed E-state index contributed by atoms with van der Waals surface area (Å²) in [5.41, 5.74) is 1.67. The molecule has 0 aliphatic heterocycles. The SMILES string of the molecule is CN(C)CC1CC(CCc2ccccc2)CCC1(O)c1ccc(Cl)cc1. The number of benzene rings is 2. The van der Waals surface area contributed by atoms with E-state index in [-0.39, 0.29) is 5.92 Å². The normalized spacial score (nSPS) is 26.2. The molecule has 2 aromatic carbocycles. The molecular formula is C23H30ClNO. The Hall–Kier alpha value is -1.35. The van der Waals surface area contributed by atoms with E-state index in [1.807, 2.05) is 24.3 Å². The van der Waals surface area contributed by atoms with Crippen molar-refractivity contribution in [2.24, 2.45) is 11.8 Å². The Morgan fingerprint density at radius 2 is 1.77 bits per heavy atom. The molecule has 0 amide bonds. The fourth-order valence-electron chi connectivity index (χ4n) is 4.41. The van der Waals surface area contributed by atoms with Crippen LogP contribution in [0.4, 0.5) is 0 Å². The summed E-state index contributed by atoms with van der Waals surface area (Å²) in [6.07, 6.45) is 5.30. The lowest BCUT2D eigenvalue weighted by molar-refractivity contribution is -0.0760. The van der Waals surface area contributed by atoms with Crippen LogP contribution < -0.4 is 0 Å². The fourth-order valence-corrected chi connectivity index (χ4v) is 4.53. The van der Waals surface area contributed by atoms with E-state index in [9.17, 15) is 5.11 Å². The van der Waals surface area contributed by atoms with Crippen molar-refractivity contribution in [1.29, 1.82) is 0 Å². The fraction of sp³-hybridized carbons (Fsp3) is 0.478. The van der Waals surface area contributed by atoms with Crippen LogP contribution in [0, 0.1) is 11.8 Å². The van der Waals surface area contributed by atoms with Crippen LogP contribution in [0.2, 0.25) is 5.02 Å². The summed E-state index contributed by atoms with van der Waals surface area (Å²) in [5.74, 6) is 0.918. The van der Waals surface area contributed by atoms with Gasteiger partial charge < -0.3 is 10.0 Å². The van der Waals surface area contributed by atoms with E-state index < -0.39 is 5.60 Å². The summed E-state index contributed by atoms with van der Waals surface area (Å²) in [6.45, 7) is 0.904. The van der Waals surface area contributed by atoms with Gasteiger partial charge in [-0.3, -0.25) is 0 Å².